The van der Waals surface area contributed by atoms with Crippen LogP contribution in [-0.4, -0.2) is 19.8 Å². The highest BCUT2D eigenvalue weighted by atomic mass is 19.1. The van der Waals surface area contributed by atoms with Gasteiger partial charge in [0.1, 0.15) is 5.82 Å². The molecule has 0 spiro atoms. The molecule has 1 aromatic rings. The molecule has 17 heavy (non-hydrogen) atoms. The van der Waals surface area contributed by atoms with Crippen LogP contribution >= 0.6 is 0 Å². The van der Waals surface area contributed by atoms with Gasteiger partial charge in [0.05, 0.1) is 6.61 Å². The van der Waals surface area contributed by atoms with Crippen molar-refractivity contribution in [1.82, 2.24) is 5.32 Å². The summed E-state index contributed by atoms with van der Waals surface area (Å²) in [5, 5.41) is 3.54. The summed E-state index contributed by atoms with van der Waals surface area (Å²) >= 11 is 0. The summed E-state index contributed by atoms with van der Waals surface area (Å²) < 4.78 is 18.4. The molecule has 0 aromatic heterocycles. The van der Waals surface area contributed by atoms with Gasteiger partial charge in [0.25, 0.3) is 0 Å². The Bertz CT molecular complexity index is 333. The lowest BCUT2D eigenvalue weighted by Crippen LogP contribution is -2.29. The van der Waals surface area contributed by atoms with Crippen LogP contribution in [0.15, 0.2) is 24.3 Å². The first-order valence-electron chi connectivity index (χ1n) is 6.38. The number of rotatable bonds is 5. The molecule has 0 amide bonds. The summed E-state index contributed by atoms with van der Waals surface area (Å²) in [6.45, 7) is 4.79. The van der Waals surface area contributed by atoms with Gasteiger partial charge in [-0.1, -0.05) is 19.1 Å². The fourth-order valence-electron chi connectivity index (χ4n) is 2.34. The fourth-order valence-corrected chi connectivity index (χ4v) is 2.34. The van der Waals surface area contributed by atoms with Crippen LogP contribution in [0.2, 0.25) is 0 Å². The van der Waals surface area contributed by atoms with Crippen LogP contribution in [0.4, 0.5) is 4.39 Å². The molecular weight excluding hydrogens is 217 g/mol. The number of hydrogen-bond donors (Lipinski definition) is 1. The van der Waals surface area contributed by atoms with Gasteiger partial charge in [-0.2, -0.15) is 0 Å². The number of hydrogen-bond acceptors (Lipinski definition) is 2. The molecule has 1 heterocycles. The minimum atomic E-state index is -0.175. The zero-order valence-corrected chi connectivity index (χ0v) is 10.3. The van der Waals surface area contributed by atoms with Gasteiger partial charge in [-0.3, -0.25) is 0 Å². The highest BCUT2D eigenvalue weighted by Crippen LogP contribution is 2.28. The average Bonchev–Trinajstić information content (AvgIpc) is 2.85. The van der Waals surface area contributed by atoms with Gasteiger partial charge in [0.2, 0.25) is 0 Å². The Morgan fingerprint density at radius 2 is 2.18 bits per heavy atom. The van der Waals surface area contributed by atoms with Gasteiger partial charge in [-0.25, -0.2) is 4.39 Å². The molecule has 0 saturated carbocycles. The highest BCUT2D eigenvalue weighted by molar-refractivity contribution is 5.21. The molecule has 1 aromatic carbocycles. The Morgan fingerprint density at radius 1 is 1.41 bits per heavy atom. The van der Waals surface area contributed by atoms with Gasteiger partial charge >= 0.3 is 0 Å². The Labute approximate surface area is 102 Å². The van der Waals surface area contributed by atoms with Crippen molar-refractivity contribution in [3.8, 4) is 0 Å². The maximum atomic E-state index is 12.9. The first kappa shape index (κ1) is 12.5. The van der Waals surface area contributed by atoms with Gasteiger partial charge in [-0.05, 0) is 37.1 Å². The molecule has 0 radical (unpaired) electrons. The van der Waals surface area contributed by atoms with Crippen LogP contribution in [0.5, 0.6) is 0 Å². The molecule has 3 heteroatoms. The van der Waals surface area contributed by atoms with Crippen molar-refractivity contribution in [3.05, 3.63) is 35.6 Å². The first-order valence-corrected chi connectivity index (χ1v) is 6.38. The van der Waals surface area contributed by atoms with E-state index in [2.05, 4.69) is 12.2 Å². The van der Waals surface area contributed by atoms with Gasteiger partial charge in [0.15, 0.2) is 0 Å². The number of benzene rings is 1. The normalized spacial score (nSPS) is 21.6. The summed E-state index contributed by atoms with van der Waals surface area (Å²) in [4.78, 5) is 0. The molecule has 1 fully saturated rings. The predicted octanol–water partition coefficient (Wildman–Crippen LogP) is 2.90. The predicted molar refractivity (Wildman–Crippen MR) is 66.4 cm³/mol. The topological polar surface area (TPSA) is 21.3 Å². The Hall–Kier alpha value is -0.930. The second-order valence-electron chi connectivity index (χ2n) is 4.61. The molecule has 1 aliphatic heterocycles. The van der Waals surface area contributed by atoms with Crippen molar-refractivity contribution in [2.75, 3.05) is 19.8 Å². The third-order valence-electron chi connectivity index (χ3n) is 3.28. The Morgan fingerprint density at radius 3 is 2.76 bits per heavy atom. The molecule has 94 valence electrons. The minimum Gasteiger partial charge on any atom is -0.381 e. The van der Waals surface area contributed by atoms with E-state index in [0.29, 0.717) is 5.92 Å². The van der Waals surface area contributed by atoms with Crippen LogP contribution in [-0.2, 0) is 4.74 Å². The summed E-state index contributed by atoms with van der Waals surface area (Å²) in [6, 6.07) is 7.11. The van der Waals surface area contributed by atoms with Crippen LogP contribution in [0.1, 0.15) is 31.4 Å². The molecule has 0 aliphatic carbocycles. The standard InChI is InChI=1S/C14H20FNO/c1-2-8-16-14(12-7-9-17-10-12)11-3-5-13(15)6-4-11/h3-6,12,14,16H,2,7-10H2,1H3. The highest BCUT2D eigenvalue weighted by Gasteiger charge is 2.26. The molecule has 2 unspecified atom stereocenters. The molecule has 2 rings (SSSR count). The lowest BCUT2D eigenvalue weighted by Gasteiger charge is -2.24. The maximum Gasteiger partial charge on any atom is 0.123 e. The van der Waals surface area contributed by atoms with Crippen molar-refractivity contribution < 1.29 is 9.13 Å². The van der Waals surface area contributed by atoms with E-state index in [1.165, 1.54) is 12.1 Å². The van der Waals surface area contributed by atoms with Gasteiger partial charge in [-0.15, -0.1) is 0 Å². The van der Waals surface area contributed by atoms with Crippen molar-refractivity contribution in [3.63, 3.8) is 0 Å². The zero-order valence-electron chi connectivity index (χ0n) is 10.3. The van der Waals surface area contributed by atoms with Gasteiger partial charge in [0, 0.05) is 18.6 Å². The summed E-state index contributed by atoms with van der Waals surface area (Å²) in [6.07, 6.45) is 2.18. The zero-order chi connectivity index (χ0) is 12.1. The third-order valence-corrected chi connectivity index (χ3v) is 3.28. The molecule has 2 atom stereocenters. The molecular formula is C14H20FNO. The molecule has 1 saturated heterocycles. The average molecular weight is 237 g/mol. The van der Waals surface area contributed by atoms with Crippen LogP contribution in [0.25, 0.3) is 0 Å². The number of nitrogens with one attached hydrogen (secondary N) is 1. The third kappa shape index (κ3) is 3.27. The second kappa shape index (κ2) is 6.12. The summed E-state index contributed by atoms with van der Waals surface area (Å²) in [5.41, 5.74) is 1.16. The molecule has 0 bridgehead atoms. The second-order valence-corrected chi connectivity index (χ2v) is 4.61. The SMILES string of the molecule is CCCNC(c1ccc(F)cc1)C1CCOC1. The summed E-state index contributed by atoms with van der Waals surface area (Å²) in [7, 11) is 0. The van der Waals surface area contributed by atoms with Crippen molar-refractivity contribution >= 4 is 0 Å². The Kier molecular flexibility index (Phi) is 4.51. The van der Waals surface area contributed by atoms with E-state index in [9.17, 15) is 4.39 Å². The smallest absolute Gasteiger partial charge is 0.123 e. The van der Waals surface area contributed by atoms with Crippen molar-refractivity contribution in [1.29, 1.82) is 0 Å². The van der Waals surface area contributed by atoms with E-state index in [0.717, 1.165) is 38.2 Å². The summed E-state index contributed by atoms with van der Waals surface area (Å²) in [5.74, 6) is 0.331. The van der Waals surface area contributed by atoms with Gasteiger partial charge < -0.3 is 10.1 Å². The van der Waals surface area contributed by atoms with E-state index >= 15 is 0 Å². The minimum absolute atomic E-state index is 0.175. The lowest BCUT2D eigenvalue weighted by molar-refractivity contribution is 0.176. The van der Waals surface area contributed by atoms with E-state index in [4.69, 9.17) is 4.74 Å². The number of ether oxygens (including phenoxy) is 1. The quantitative estimate of drug-likeness (QED) is 0.850. The maximum absolute atomic E-state index is 12.9. The van der Waals surface area contributed by atoms with Crippen LogP contribution in [0.3, 0.4) is 0 Å². The lowest BCUT2D eigenvalue weighted by atomic mass is 9.92. The van der Waals surface area contributed by atoms with Crippen molar-refractivity contribution in [2.45, 2.75) is 25.8 Å². The molecule has 2 nitrogen and oxygen atoms in total. The van der Waals surface area contributed by atoms with E-state index in [-0.39, 0.29) is 11.9 Å². The van der Waals surface area contributed by atoms with E-state index in [1.807, 2.05) is 12.1 Å². The van der Waals surface area contributed by atoms with E-state index < -0.39 is 0 Å². The first-order chi connectivity index (χ1) is 8.31. The molecule has 1 aliphatic rings. The monoisotopic (exact) mass is 237 g/mol. The fraction of sp³-hybridized carbons (Fsp3) is 0.571. The number of halogens is 1. The van der Waals surface area contributed by atoms with Crippen LogP contribution in [0, 0.1) is 11.7 Å². The largest absolute Gasteiger partial charge is 0.381 e. The van der Waals surface area contributed by atoms with E-state index in [1.54, 1.807) is 0 Å². The molecule has 1 N–H and O–H groups in total. The van der Waals surface area contributed by atoms with Crippen molar-refractivity contribution in [2.24, 2.45) is 5.92 Å². The van der Waals surface area contributed by atoms with Crippen LogP contribution < -0.4 is 5.32 Å². The Balaban J connectivity index is 2.10.